The normalized spacial score (nSPS) is 21.9. The van der Waals surface area contributed by atoms with Crippen LogP contribution in [0.3, 0.4) is 0 Å². The second-order valence-corrected chi connectivity index (χ2v) is 9.19. The maximum atomic E-state index is 12.8. The van der Waals surface area contributed by atoms with Gasteiger partial charge in [-0.1, -0.05) is 48.5 Å². The van der Waals surface area contributed by atoms with Gasteiger partial charge >= 0.3 is 12.1 Å². The Balaban J connectivity index is 1.16. The van der Waals surface area contributed by atoms with Gasteiger partial charge in [0.05, 0.1) is 6.10 Å². The number of carbonyl (C=O) groups is 3. The average molecular weight is 465 g/mol. The lowest BCUT2D eigenvalue weighted by Gasteiger charge is -2.20. The van der Waals surface area contributed by atoms with Crippen LogP contribution in [-0.4, -0.2) is 54.5 Å². The summed E-state index contributed by atoms with van der Waals surface area (Å²) in [6.45, 7) is 0.406. The summed E-state index contributed by atoms with van der Waals surface area (Å²) in [6, 6.07) is 15.6. The predicted molar refractivity (Wildman–Crippen MR) is 123 cm³/mol. The van der Waals surface area contributed by atoms with Gasteiger partial charge in [0.15, 0.2) is 6.10 Å². The first-order valence-corrected chi connectivity index (χ1v) is 11.8. The van der Waals surface area contributed by atoms with Crippen molar-refractivity contribution in [1.29, 1.82) is 0 Å². The molecular formula is C26H28N2O6. The van der Waals surface area contributed by atoms with Crippen molar-refractivity contribution in [3.05, 3.63) is 59.7 Å². The number of ether oxygens (including phenoxy) is 2. The first kappa shape index (κ1) is 22.4. The molecule has 34 heavy (non-hydrogen) atoms. The van der Waals surface area contributed by atoms with E-state index in [1.807, 2.05) is 24.3 Å². The Labute approximate surface area is 197 Å². The van der Waals surface area contributed by atoms with Gasteiger partial charge in [-0.15, -0.1) is 0 Å². The van der Waals surface area contributed by atoms with Gasteiger partial charge in [-0.2, -0.15) is 0 Å². The number of hydrogen-bond donors (Lipinski definition) is 3. The summed E-state index contributed by atoms with van der Waals surface area (Å²) in [5.41, 5.74) is 4.57. The fraction of sp³-hybridized carbons (Fsp3) is 0.423. The van der Waals surface area contributed by atoms with Crippen LogP contribution in [0.2, 0.25) is 0 Å². The van der Waals surface area contributed by atoms with Gasteiger partial charge in [0.1, 0.15) is 12.6 Å². The van der Waals surface area contributed by atoms with Crippen molar-refractivity contribution in [2.45, 2.75) is 49.9 Å². The second kappa shape index (κ2) is 9.46. The Hall–Kier alpha value is -3.39. The van der Waals surface area contributed by atoms with Crippen LogP contribution in [0.25, 0.3) is 11.1 Å². The minimum absolute atomic E-state index is 0.0481. The summed E-state index contributed by atoms with van der Waals surface area (Å²) in [5.74, 6) is -1.25. The van der Waals surface area contributed by atoms with E-state index in [9.17, 15) is 14.4 Å². The van der Waals surface area contributed by atoms with E-state index in [2.05, 4.69) is 34.9 Å². The predicted octanol–water partition coefficient (Wildman–Crippen LogP) is 3.05. The van der Waals surface area contributed by atoms with Crippen molar-refractivity contribution < 1.29 is 29.0 Å². The van der Waals surface area contributed by atoms with Gasteiger partial charge < -0.3 is 25.2 Å². The first-order chi connectivity index (χ1) is 16.5. The molecule has 0 bridgehead atoms. The van der Waals surface area contributed by atoms with Gasteiger partial charge in [-0.25, -0.2) is 9.59 Å². The monoisotopic (exact) mass is 464 g/mol. The van der Waals surface area contributed by atoms with Crippen LogP contribution < -0.4 is 10.6 Å². The van der Waals surface area contributed by atoms with E-state index in [4.69, 9.17) is 14.6 Å². The first-order valence-electron chi connectivity index (χ1n) is 11.8. The number of hydrogen-bond acceptors (Lipinski definition) is 5. The molecule has 1 saturated heterocycles. The summed E-state index contributed by atoms with van der Waals surface area (Å²) >= 11 is 0. The molecule has 3 atom stereocenters. The highest BCUT2D eigenvalue weighted by molar-refractivity contribution is 5.86. The Kier molecular flexibility index (Phi) is 6.24. The number of carbonyl (C=O) groups excluding carboxylic acids is 2. The zero-order chi connectivity index (χ0) is 23.7. The number of benzene rings is 2. The van der Waals surface area contributed by atoms with Crippen molar-refractivity contribution >= 4 is 18.0 Å². The van der Waals surface area contributed by atoms with Crippen LogP contribution in [0.1, 0.15) is 42.7 Å². The Morgan fingerprint density at radius 2 is 1.62 bits per heavy atom. The molecule has 5 rings (SSSR count). The fourth-order valence-electron chi connectivity index (χ4n) is 4.96. The summed E-state index contributed by atoms with van der Waals surface area (Å²) < 4.78 is 11.0. The molecule has 1 aliphatic heterocycles. The summed E-state index contributed by atoms with van der Waals surface area (Å²) in [4.78, 5) is 36.4. The topological polar surface area (TPSA) is 114 Å². The maximum Gasteiger partial charge on any atom is 0.407 e. The molecule has 1 heterocycles. The maximum absolute atomic E-state index is 12.8. The molecule has 0 spiro atoms. The molecule has 2 amide bonds. The lowest BCUT2D eigenvalue weighted by Crippen LogP contribution is -2.49. The van der Waals surface area contributed by atoms with Gasteiger partial charge in [0.25, 0.3) is 0 Å². The lowest BCUT2D eigenvalue weighted by molar-refractivity contribution is -0.149. The van der Waals surface area contributed by atoms with Crippen LogP contribution in [0.4, 0.5) is 4.79 Å². The lowest BCUT2D eigenvalue weighted by atomic mass is 9.98. The summed E-state index contributed by atoms with van der Waals surface area (Å²) in [7, 11) is 0. The molecule has 3 aliphatic rings. The van der Waals surface area contributed by atoms with Crippen molar-refractivity contribution in [3.63, 3.8) is 0 Å². The Morgan fingerprint density at radius 3 is 2.21 bits per heavy atom. The fourth-order valence-corrected chi connectivity index (χ4v) is 4.96. The van der Waals surface area contributed by atoms with Gasteiger partial charge in [-0.05, 0) is 53.9 Å². The summed E-state index contributed by atoms with van der Waals surface area (Å²) in [6.07, 6.45) is 0.966. The highest BCUT2D eigenvalue weighted by atomic mass is 16.5. The van der Waals surface area contributed by atoms with Crippen molar-refractivity contribution in [2.24, 2.45) is 5.92 Å². The highest BCUT2D eigenvalue weighted by Gasteiger charge is 2.39. The van der Waals surface area contributed by atoms with E-state index >= 15 is 0 Å². The Morgan fingerprint density at radius 1 is 0.971 bits per heavy atom. The molecule has 2 aromatic rings. The van der Waals surface area contributed by atoms with E-state index < -0.39 is 24.2 Å². The van der Waals surface area contributed by atoms with Crippen molar-refractivity contribution in [3.8, 4) is 11.1 Å². The number of carboxylic acids is 1. The smallest absolute Gasteiger partial charge is 0.407 e. The zero-order valence-electron chi connectivity index (χ0n) is 18.7. The SMILES string of the molecule is O=C(NC(C(=O)NCC1CCC(C(=O)O)O1)C1CC1)OCC1c2ccccc2-c2ccccc21. The largest absolute Gasteiger partial charge is 0.479 e. The van der Waals surface area contributed by atoms with E-state index in [0.29, 0.717) is 12.8 Å². The van der Waals surface area contributed by atoms with Crippen LogP contribution in [0.5, 0.6) is 0 Å². The molecule has 3 unspecified atom stereocenters. The third-order valence-electron chi connectivity index (χ3n) is 6.88. The number of nitrogens with one attached hydrogen (secondary N) is 2. The molecule has 2 aliphatic carbocycles. The minimum atomic E-state index is -0.985. The van der Waals surface area contributed by atoms with Crippen molar-refractivity contribution in [2.75, 3.05) is 13.2 Å². The van der Waals surface area contributed by atoms with Crippen LogP contribution in [0.15, 0.2) is 48.5 Å². The Bertz CT molecular complexity index is 1050. The van der Waals surface area contributed by atoms with Crippen molar-refractivity contribution in [1.82, 2.24) is 10.6 Å². The molecule has 0 radical (unpaired) electrons. The molecule has 3 N–H and O–H groups in total. The van der Waals surface area contributed by atoms with E-state index in [1.165, 1.54) is 0 Å². The number of amides is 2. The number of aliphatic carboxylic acids is 1. The number of rotatable bonds is 8. The molecule has 1 saturated carbocycles. The number of fused-ring (bicyclic) bond motifs is 3. The third-order valence-corrected chi connectivity index (χ3v) is 6.88. The molecule has 8 heteroatoms. The number of carboxylic acid groups (broad SMARTS) is 1. The van der Waals surface area contributed by atoms with Gasteiger partial charge in [0, 0.05) is 12.5 Å². The van der Waals surface area contributed by atoms with Crippen LogP contribution in [0, 0.1) is 5.92 Å². The van der Waals surface area contributed by atoms with Gasteiger partial charge in [0.2, 0.25) is 5.91 Å². The highest BCUT2D eigenvalue weighted by Crippen LogP contribution is 2.44. The quantitative estimate of drug-likeness (QED) is 0.553. The standard InChI is InChI=1S/C26H28N2O6/c29-24(27-13-16-11-12-22(34-16)25(30)31)23(15-9-10-15)28-26(32)33-14-21-19-7-3-1-5-17(19)18-6-2-4-8-20(18)21/h1-8,15-16,21-23H,9-14H2,(H,27,29)(H,28,32)(H,30,31). The minimum Gasteiger partial charge on any atom is -0.479 e. The van der Waals surface area contributed by atoms with E-state index in [0.717, 1.165) is 35.1 Å². The van der Waals surface area contributed by atoms with E-state index in [1.54, 1.807) is 0 Å². The third kappa shape index (κ3) is 4.63. The van der Waals surface area contributed by atoms with Gasteiger partial charge in [-0.3, -0.25) is 4.79 Å². The molecule has 2 aromatic carbocycles. The summed E-state index contributed by atoms with van der Waals surface area (Å²) in [5, 5.41) is 14.6. The molecule has 8 nitrogen and oxygen atoms in total. The van der Waals surface area contributed by atoms with Crippen LogP contribution >= 0.6 is 0 Å². The molecule has 2 fully saturated rings. The number of alkyl carbamates (subject to hydrolysis) is 1. The van der Waals surface area contributed by atoms with E-state index in [-0.39, 0.29) is 37.0 Å². The zero-order valence-corrected chi connectivity index (χ0v) is 18.7. The van der Waals surface area contributed by atoms with Crippen LogP contribution in [-0.2, 0) is 19.1 Å². The molecular weight excluding hydrogens is 436 g/mol. The average Bonchev–Trinajstić information content (AvgIpc) is 3.48. The molecule has 178 valence electrons. The second-order valence-electron chi connectivity index (χ2n) is 9.19. The molecule has 0 aromatic heterocycles.